The standard InChI is InChI=1S/C24H28ClN3O5S/c1-4-17(3)33-23(29)15-34-22-9-8-18(12-21(22)28(31)32)24(30)26-10-11-27(16(2)14-26)20-7-5-6-19(25)13-20/h5-9,12-13,16-17H,4,10-11,14-15H2,1-3H3/t16-,17?/m1/s1. The second-order valence-electron chi connectivity index (χ2n) is 8.21. The van der Waals surface area contributed by atoms with Gasteiger partial charge >= 0.3 is 5.97 Å². The molecule has 0 radical (unpaired) electrons. The number of carbonyl (C=O) groups excluding carboxylic acids is 2. The zero-order valence-electron chi connectivity index (χ0n) is 19.4. The van der Waals surface area contributed by atoms with E-state index in [1.807, 2.05) is 38.1 Å². The van der Waals surface area contributed by atoms with Gasteiger partial charge in [0.1, 0.15) is 0 Å². The number of halogens is 1. The summed E-state index contributed by atoms with van der Waals surface area (Å²) in [5.41, 5.74) is 1.05. The van der Waals surface area contributed by atoms with E-state index in [-0.39, 0.29) is 35.1 Å². The number of esters is 1. The highest BCUT2D eigenvalue weighted by Gasteiger charge is 2.29. The minimum atomic E-state index is -0.529. The summed E-state index contributed by atoms with van der Waals surface area (Å²) >= 11 is 7.15. The molecule has 0 aliphatic carbocycles. The molecule has 0 N–H and O–H groups in total. The van der Waals surface area contributed by atoms with E-state index >= 15 is 0 Å². The highest BCUT2D eigenvalue weighted by Crippen LogP contribution is 2.31. The molecule has 0 saturated carbocycles. The lowest BCUT2D eigenvalue weighted by Crippen LogP contribution is -2.53. The van der Waals surface area contributed by atoms with E-state index in [2.05, 4.69) is 4.90 Å². The van der Waals surface area contributed by atoms with Crippen LogP contribution in [0.2, 0.25) is 5.02 Å². The van der Waals surface area contributed by atoms with E-state index in [4.69, 9.17) is 16.3 Å². The SMILES string of the molecule is CCC(C)OC(=O)CSc1ccc(C(=O)N2CCN(c3cccc(Cl)c3)[C@H](C)C2)cc1[N+](=O)[O-]. The predicted molar refractivity (Wildman–Crippen MR) is 134 cm³/mol. The van der Waals surface area contributed by atoms with Crippen LogP contribution in [0, 0.1) is 10.1 Å². The van der Waals surface area contributed by atoms with Gasteiger partial charge in [-0.25, -0.2) is 0 Å². The zero-order chi connectivity index (χ0) is 24.8. The quantitative estimate of drug-likeness (QED) is 0.215. The van der Waals surface area contributed by atoms with E-state index in [1.165, 1.54) is 12.1 Å². The maximum atomic E-state index is 13.1. The molecule has 1 saturated heterocycles. The maximum absolute atomic E-state index is 13.1. The summed E-state index contributed by atoms with van der Waals surface area (Å²) in [6.07, 6.45) is 0.490. The van der Waals surface area contributed by atoms with Crippen LogP contribution in [0.25, 0.3) is 0 Å². The molecule has 0 bridgehead atoms. The molecule has 0 aromatic heterocycles. The summed E-state index contributed by atoms with van der Waals surface area (Å²) in [5.74, 6) is -0.727. The second kappa shape index (κ2) is 11.6. The first-order valence-electron chi connectivity index (χ1n) is 11.1. The van der Waals surface area contributed by atoms with Gasteiger partial charge in [-0.3, -0.25) is 19.7 Å². The molecule has 1 aliphatic rings. The molecule has 2 aromatic rings. The van der Waals surface area contributed by atoms with E-state index in [0.29, 0.717) is 36.0 Å². The average Bonchev–Trinajstić information content (AvgIpc) is 2.81. The Morgan fingerprint density at radius 1 is 1.26 bits per heavy atom. The van der Waals surface area contributed by atoms with Gasteiger partial charge in [0.2, 0.25) is 0 Å². The van der Waals surface area contributed by atoms with Crippen LogP contribution in [-0.4, -0.2) is 59.2 Å². The van der Waals surface area contributed by atoms with Gasteiger partial charge in [-0.15, -0.1) is 11.8 Å². The third-order valence-corrected chi connectivity index (χ3v) is 6.98. The van der Waals surface area contributed by atoms with Crippen LogP contribution >= 0.6 is 23.4 Å². The first-order valence-corrected chi connectivity index (χ1v) is 12.5. The van der Waals surface area contributed by atoms with Crippen LogP contribution in [0.15, 0.2) is 47.4 Å². The van der Waals surface area contributed by atoms with Crippen molar-refractivity contribution >= 4 is 46.6 Å². The van der Waals surface area contributed by atoms with Crippen LogP contribution in [0.4, 0.5) is 11.4 Å². The van der Waals surface area contributed by atoms with Gasteiger partial charge in [-0.2, -0.15) is 0 Å². The van der Waals surface area contributed by atoms with E-state index in [9.17, 15) is 19.7 Å². The molecule has 2 aromatic carbocycles. The van der Waals surface area contributed by atoms with E-state index in [1.54, 1.807) is 17.9 Å². The first-order chi connectivity index (χ1) is 16.2. The third-order valence-electron chi connectivity index (χ3n) is 5.71. The fourth-order valence-electron chi connectivity index (χ4n) is 3.76. The van der Waals surface area contributed by atoms with Crippen molar-refractivity contribution in [2.24, 2.45) is 0 Å². The van der Waals surface area contributed by atoms with Crippen molar-refractivity contribution in [2.75, 3.05) is 30.3 Å². The highest BCUT2D eigenvalue weighted by atomic mass is 35.5. The summed E-state index contributed by atoms with van der Waals surface area (Å²) in [4.78, 5) is 40.4. The molecule has 1 aliphatic heterocycles. The number of amides is 1. The lowest BCUT2D eigenvalue weighted by Gasteiger charge is -2.41. The third kappa shape index (κ3) is 6.42. The van der Waals surface area contributed by atoms with Crippen molar-refractivity contribution in [3.8, 4) is 0 Å². The van der Waals surface area contributed by atoms with Gasteiger partial charge in [0, 0.05) is 48.0 Å². The number of hydrogen-bond donors (Lipinski definition) is 0. The lowest BCUT2D eigenvalue weighted by atomic mass is 10.1. The Morgan fingerprint density at radius 3 is 2.68 bits per heavy atom. The first kappa shape index (κ1) is 25.8. The lowest BCUT2D eigenvalue weighted by molar-refractivity contribution is -0.387. The summed E-state index contributed by atoms with van der Waals surface area (Å²) < 4.78 is 5.22. The molecule has 34 heavy (non-hydrogen) atoms. The maximum Gasteiger partial charge on any atom is 0.316 e. The van der Waals surface area contributed by atoms with Gasteiger partial charge in [-0.05, 0) is 50.6 Å². The van der Waals surface area contributed by atoms with Crippen LogP contribution in [0.5, 0.6) is 0 Å². The Kier molecular flexibility index (Phi) is 8.79. The molecular formula is C24H28ClN3O5S. The van der Waals surface area contributed by atoms with Crippen LogP contribution < -0.4 is 4.90 Å². The van der Waals surface area contributed by atoms with Gasteiger partial charge < -0.3 is 14.5 Å². The van der Waals surface area contributed by atoms with Crippen molar-refractivity contribution in [3.63, 3.8) is 0 Å². The molecular weight excluding hydrogens is 478 g/mol. The molecule has 10 heteroatoms. The minimum absolute atomic E-state index is 0.0402. The Bertz CT molecular complexity index is 1070. The van der Waals surface area contributed by atoms with E-state index in [0.717, 1.165) is 17.4 Å². The van der Waals surface area contributed by atoms with Crippen LogP contribution in [0.3, 0.4) is 0 Å². The van der Waals surface area contributed by atoms with E-state index < -0.39 is 10.9 Å². The molecule has 0 spiro atoms. The summed E-state index contributed by atoms with van der Waals surface area (Å²) in [5, 5.41) is 12.3. The molecule has 3 rings (SSSR count). The number of rotatable bonds is 8. The highest BCUT2D eigenvalue weighted by molar-refractivity contribution is 8.00. The summed E-state index contributed by atoms with van der Waals surface area (Å²) in [7, 11) is 0. The van der Waals surface area contributed by atoms with Gasteiger partial charge in [0.25, 0.3) is 11.6 Å². The number of anilines is 1. The molecule has 1 amide bonds. The fourth-order valence-corrected chi connectivity index (χ4v) is 4.73. The fraction of sp³-hybridized carbons (Fsp3) is 0.417. The Balaban J connectivity index is 1.68. The summed E-state index contributed by atoms with van der Waals surface area (Å²) in [6, 6.07) is 12.0. The monoisotopic (exact) mass is 505 g/mol. The normalized spacial score (nSPS) is 16.8. The van der Waals surface area contributed by atoms with Crippen LogP contribution in [-0.2, 0) is 9.53 Å². The van der Waals surface area contributed by atoms with Crippen molar-refractivity contribution in [2.45, 2.75) is 44.2 Å². The summed E-state index contributed by atoms with van der Waals surface area (Å²) in [6.45, 7) is 7.33. The van der Waals surface area contributed by atoms with Gasteiger partial charge in [-0.1, -0.05) is 24.6 Å². The number of carbonyl (C=O) groups is 2. The Hall–Kier alpha value is -2.78. The zero-order valence-corrected chi connectivity index (χ0v) is 21.0. The molecule has 1 fully saturated rings. The average molecular weight is 506 g/mol. The van der Waals surface area contributed by atoms with Crippen molar-refractivity contribution in [3.05, 3.63) is 63.2 Å². The number of hydrogen-bond acceptors (Lipinski definition) is 7. The smallest absolute Gasteiger partial charge is 0.316 e. The van der Waals surface area contributed by atoms with Crippen LogP contribution in [0.1, 0.15) is 37.6 Å². The number of nitro groups is 1. The van der Waals surface area contributed by atoms with Gasteiger partial charge in [0.15, 0.2) is 0 Å². The Labute approximate surface area is 208 Å². The number of nitro benzene ring substituents is 1. The predicted octanol–water partition coefficient (Wildman–Crippen LogP) is 5.03. The topological polar surface area (TPSA) is 93.0 Å². The molecule has 1 unspecified atom stereocenters. The van der Waals surface area contributed by atoms with Gasteiger partial charge in [0.05, 0.1) is 21.7 Å². The molecule has 182 valence electrons. The number of piperazine rings is 1. The number of benzene rings is 2. The van der Waals surface area contributed by atoms with Crippen molar-refractivity contribution in [1.82, 2.24) is 4.90 Å². The molecule has 2 atom stereocenters. The number of ether oxygens (including phenoxy) is 1. The largest absolute Gasteiger partial charge is 0.462 e. The molecule has 1 heterocycles. The minimum Gasteiger partial charge on any atom is -0.462 e. The van der Waals surface area contributed by atoms with Crippen molar-refractivity contribution < 1.29 is 19.2 Å². The number of nitrogens with zero attached hydrogens (tertiary/aromatic N) is 3. The Morgan fingerprint density at radius 2 is 2.03 bits per heavy atom. The second-order valence-corrected chi connectivity index (χ2v) is 9.66. The van der Waals surface area contributed by atoms with Crippen molar-refractivity contribution in [1.29, 1.82) is 0 Å². The number of thioether (sulfide) groups is 1. The molecule has 8 nitrogen and oxygen atoms in total.